The van der Waals surface area contributed by atoms with Gasteiger partial charge in [-0.15, -0.1) is 0 Å². The molecule has 0 radical (unpaired) electrons. The van der Waals surface area contributed by atoms with Crippen LogP contribution in [0.3, 0.4) is 0 Å². The second-order valence-electron chi connectivity index (χ2n) is 6.90. The van der Waals surface area contributed by atoms with E-state index in [2.05, 4.69) is 9.88 Å². The minimum Gasteiger partial charge on any atom is -0.378 e. The van der Waals surface area contributed by atoms with E-state index in [0.717, 1.165) is 5.69 Å². The fourth-order valence-electron chi connectivity index (χ4n) is 3.68. The topological polar surface area (TPSA) is 59.7 Å². The highest BCUT2D eigenvalue weighted by Gasteiger charge is 2.21. The van der Waals surface area contributed by atoms with Crippen molar-refractivity contribution < 1.29 is 9.13 Å². The Bertz CT molecular complexity index is 1130. The molecule has 8 heteroatoms. The van der Waals surface area contributed by atoms with E-state index in [0.29, 0.717) is 56.2 Å². The van der Waals surface area contributed by atoms with Crippen LogP contribution in [0, 0.1) is 5.82 Å². The number of morpholine rings is 1. The van der Waals surface area contributed by atoms with Crippen molar-refractivity contribution in [3.63, 3.8) is 0 Å². The van der Waals surface area contributed by atoms with Crippen molar-refractivity contribution in [2.24, 2.45) is 0 Å². The quantitative estimate of drug-likeness (QED) is 0.651. The highest BCUT2D eigenvalue weighted by molar-refractivity contribution is 6.30. The molecule has 3 aromatic rings. The van der Waals surface area contributed by atoms with E-state index in [9.17, 15) is 9.18 Å². The number of fused-ring (bicyclic) bond motifs is 1. The molecule has 0 saturated carbocycles. The highest BCUT2D eigenvalue weighted by Crippen LogP contribution is 2.27. The van der Waals surface area contributed by atoms with Crippen molar-refractivity contribution in [2.75, 3.05) is 31.2 Å². The van der Waals surface area contributed by atoms with Gasteiger partial charge in [0.05, 0.1) is 24.5 Å². The first-order valence-electron chi connectivity index (χ1n) is 9.77. The van der Waals surface area contributed by atoms with Gasteiger partial charge in [-0.1, -0.05) is 25.4 Å². The van der Waals surface area contributed by atoms with Crippen LogP contribution >= 0.6 is 11.6 Å². The maximum atomic E-state index is 14.8. The minimum absolute atomic E-state index is 0.209. The Balaban J connectivity index is 2.05. The smallest absolute Gasteiger partial charge is 0.263 e. The van der Waals surface area contributed by atoms with Crippen molar-refractivity contribution in [3.8, 4) is 11.4 Å². The molecule has 0 aliphatic carbocycles. The zero-order valence-electron chi connectivity index (χ0n) is 16.4. The van der Waals surface area contributed by atoms with Gasteiger partial charge in [0.2, 0.25) is 0 Å². The van der Waals surface area contributed by atoms with Crippen LogP contribution in [-0.4, -0.2) is 40.7 Å². The molecule has 1 saturated heterocycles. The molecule has 1 aliphatic heterocycles. The fourth-order valence-corrected chi connectivity index (χ4v) is 3.84. The summed E-state index contributed by atoms with van der Waals surface area (Å²) in [5.41, 5.74) is 1.86. The molecule has 1 aromatic carbocycles. The molecule has 0 spiro atoms. The first kappa shape index (κ1) is 19.8. The highest BCUT2D eigenvalue weighted by atomic mass is 35.5. The first-order valence-corrected chi connectivity index (χ1v) is 10.1. The predicted octanol–water partition coefficient (Wildman–Crippen LogP) is 3.51. The monoisotopic (exact) mass is 416 g/mol. The van der Waals surface area contributed by atoms with Gasteiger partial charge in [0.1, 0.15) is 17.3 Å². The van der Waals surface area contributed by atoms with E-state index < -0.39 is 5.82 Å². The summed E-state index contributed by atoms with van der Waals surface area (Å²) in [7, 11) is 0. The Morgan fingerprint density at radius 2 is 1.90 bits per heavy atom. The summed E-state index contributed by atoms with van der Waals surface area (Å²) in [6.07, 6.45) is 1.19. The van der Waals surface area contributed by atoms with Crippen molar-refractivity contribution in [1.82, 2.24) is 14.4 Å². The largest absolute Gasteiger partial charge is 0.378 e. The number of benzene rings is 1. The van der Waals surface area contributed by atoms with Gasteiger partial charge in [0, 0.05) is 29.7 Å². The number of hydrogen-bond donors (Lipinski definition) is 0. The fraction of sp³-hybridized carbons (Fsp3) is 0.381. The SMILES string of the molecule is CCc1nc2cc(N3CCOCC3)nc(-c3ccc(Cl)cc3F)n2c(=O)c1CC. The normalized spacial score (nSPS) is 14.6. The summed E-state index contributed by atoms with van der Waals surface area (Å²) in [6.45, 7) is 6.41. The molecule has 0 amide bonds. The van der Waals surface area contributed by atoms with Gasteiger partial charge in [-0.05, 0) is 31.0 Å². The number of ether oxygens (including phenoxy) is 1. The van der Waals surface area contributed by atoms with E-state index in [-0.39, 0.29) is 22.0 Å². The molecule has 0 N–H and O–H groups in total. The third kappa shape index (κ3) is 3.60. The maximum absolute atomic E-state index is 14.8. The molecule has 29 heavy (non-hydrogen) atoms. The van der Waals surface area contributed by atoms with Crippen LogP contribution in [0.4, 0.5) is 10.2 Å². The van der Waals surface area contributed by atoms with Crippen LogP contribution < -0.4 is 10.5 Å². The van der Waals surface area contributed by atoms with E-state index in [1.54, 1.807) is 18.2 Å². The standard InChI is InChI=1S/C21H22ClFN4O2/c1-3-14-17(4-2)24-19-12-18(26-7-9-29-10-8-26)25-20(27(19)21(14)28)15-6-5-13(22)11-16(15)23/h5-6,11-12H,3-4,7-10H2,1-2H3. The number of halogens is 2. The molecule has 3 heterocycles. The van der Waals surface area contributed by atoms with Crippen LogP contribution in [0.2, 0.25) is 5.02 Å². The molecular weight excluding hydrogens is 395 g/mol. The molecule has 1 fully saturated rings. The molecule has 152 valence electrons. The van der Waals surface area contributed by atoms with Crippen LogP contribution in [0.25, 0.3) is 17.0 Å². The summed E-state index contributed by atoms with van der Waals surface area (Å²) >= 11 is 5.93. The zero-order valence-corrected chi connectivity index (χ0v) is 17.2. The molecule has 0 unspecified atom stereocenters. The lowest BCUT2D eigenvalue weighted by molar-refractivity contribution is 0.122. The lowest BCUT2D eigenvalue weighted by Gasteiger charge is -2.28. The Kier molecular flexibility index (Phi) is 5.52. The summed E-state index contributed by atoms with van der Waals surface area (Å²) in [5, 5.41) is 0.285. The summed E-state index contributed by atoms with van der Waals surface area (Å²) < 4.78 is 21.6. The molecule has 1 aliphatic rings. The summed E-state index contributed by atoms with van der Waals surface area (Å²) in [5.74, 6) is 0.346. The Morgan fingerprint density at radius 3 is 2.55 bits per heavy atom. The maximum Gasteiger partial charge on any atom is 0.263 e. The number of rotatable bonds is 4. The Morgan fingerprint density at radius 1 is 1.14 bits per heavy atom. The number of aryl methyl sites for hydroxylation is 1. The molecular formula is C21H22ClFN4O2. The van der Waals surface area contributed by atoms with Crippen LogP contribution in [0.5, 0.6) is 0 Å². The van der Waals surface area contributed by atoms with Crippen LogP contribution in [0.1, 0.15) is 25.1 Å². The molecule has 2 aromatic heterocycles. The Labute approximate surface area is 172 Å². The summed E-state index contributed by atoms with van der Waals surface area (Å²) in [6, 6.07) is 6.16. The van der Waals surface area contributed by atoms with E-state index in [4.69, 9.17) is 21.3 Å². The van der Waals surface area contributed by atoms with Gasteiger partial charge in [0.25, 0.3) is 5.56 Å². The van der Waals surface area contributed by atoms with Gasteiger partial charge < -0.3 is 9.64 Å². The van der Waals surface area contributed by atoms with Crippen molar-refractivity contribution in [2.45, 2.75) is 26.7 Å². The average Bonchev–Trinajstić information content (AvgIpc) is 2.73. The van der Waals surface area contributed by atoms with E-state index >= 15 is 0 Å². The van der Waals surface area contributed by atoms with Gasteiger partial charge in [-0.25, -0.2) is 18.8 Å². The molecule has 6 nitrogen and oxygen atoms in total. The molecule has 0 bridgehead atoms. The van der Waals surface area contributed by atoms with Crippen molar-refractivity contribution in [1.29, 1.82) is 0 Å². The Hall–Kier alpha value is -2.51. The third-order valence-electron chi connectivity index (χ3n) is 5.17. The number of aromatic nitrogens is 3. The average molecular weight is 417 g/mol. The van der Waals surface area contributed by atoms with E-state index in [1.807, 2.05) is 13.8 Å². The van der Waals surface area contributed by atoms with Gasteiger partial charge in [-0.3, -0.25) is 4.79 Å². The van der Waals surface area contributed by atoms with Gasteiger partial charge >= 0.3 is 0 Å². The van der Waals surface area contributed by atoms with Crippen molar-refractivity contribution in [3.05, 3.63) is 56.7 Å². The first-order chi connectivity index (χ1) is 14.0. The van der Waals surface area contributed by atoms with Gasteiger partial charge in [-0.2, -0.15) is 0 Å². The zero-order chi connectivity index (χ0) is 20.5. The predicted molar refractivity (Wildman–Crippen MR) is 111 cm³/mol. The lowest BCUT2D eigenvalue weighted by Crippen LogP contribution is -2.37. The van der Waals surface area contributed by atoms with Gasteiger partial charge in [0.15, 0.2) is 5.82 Å². The number of hydrogen-bond acceptors (Lipinski definition) is 5. The molecule has 0 atom stereocenters. The minimum atomic E-state index is -0.532. The van der Waals surface area contributed by atoms with Crippen LogP contribution in [0.15, 0.2) is 29.1 Å². The molecule has 4 rings (SSSR count). The summed E-state index contributed by atoms with van der Waals surface area (Å²) in [4.78, 5) is 24.8. The number of anilines is 1. The van der Waals surface area contributed by atoms with Crippen molar-refractivity contribution >= 4 is 23.1 Å². The number of nitrogens with zero attached hydrogens (tertiary/aromatic N) is 4. The van der Waals surface area contributed by atoms with E-state index in [1.165, 1.54) is 10.5 Å². The lowest BCUT2D eigenvalue weighted by atomic mass is 10.1. The third-order valence-corrected chi connectivity index (χ3v) is 5.41. The second kappa shape index (κ2) is 8.08. The second-order valence-corrected chi connectivity index (χ2v) is 7.34. The van der Waals surface area contributed by atoms with Crippen LogP contribution in [-0.2, 0) is 17.6 Å².